The molecule has 0 aliphatic heterocycles. The van der Waals surface area contributed by atoms with Crippen LogP contribution < -0.4 is 10.6 Å². The van der Waals surface area contributed by atoms with Gasteiger partial charge in [-0.1, -0.05) is 72.4 Å². The third-order valence-electron chi connectivity index (χ3n) is 6.35. The van der Waals surface area contributed by atoms with Crippen LogP contribution in [0.5, 0.6) is 0 Å². The molecule has 2 N–H and O–H groups in total. The first-order valence-electron chi connectivity index (χ1n) is 12.7. The normalized spacial score (nSPS) is 13.0. The van der Waals surface area contributed by atoms with Crippen LogP contribution in [0.25, 0.3) is 11.3 Å². The molecule has 0 spiro atoms. The number of anilines is 1. The number of thioether (sulfide) groups is 1. The van der Waals surface area contributed by atoms with Crippen LogP contribution in [0.4, 0.5) is 18.2 Å². The second kappa shape index (κ2) is 12.2. The number of benzene rings is 2. The standard InChI is InChI=1S/C29H25F3N4O2S2/c30-29(31,32)23-15-21(19-11-5-2-6-12-19)34-28(35-23)39-17-24(37)36-27-25(20-13-7-8-14-22(20)40-27)26(38)33-16-18-9-3-1-4-10-18/h1-6,9-12,15H,7-8,13-14,16-17H2,(H,33,38)(H,36,37). The zero-order valence-electron chi connectivity index (χ0n) is 21.3. The highest BCUT2D eigenvalue weighted by Gasteiger charge is 2.34. The molecular formula is C29H25F3N4O2S2. The summed E-state index contributed by atoms with van der Waals surface area (Å²) in [6, 6.07) is 18.9. The summed E-state index contributed by atoms with van der Waals surface area (Å²) in [6.07, 6.45) is -1.10. The van der Waals surface area contributed by atoms with Crippen molar-refractivity contribution in [2.45, 2.75) is 43.6 Å². The van der Waals surface area contributed by atoms with E-state index < -0.39 is 17.8 Å². The molecule has 2 aromatic heterocycles. The number of nitrogens with one attached hydrogen (secondary N) is 2. The number of nitrogens with zero attached hydrogens (tertiary/aromatic N) is 2. The van der Waals surface area contributed by atoms with Crippen molar-refractivity contribution in [1.82, 2.24) is 15.3 Å². The van der Waals surface area contributed by atoms with Gasteiger partial charge in [0.05, 0.1) is 17.0 Å². The highest BCUT2D eigenvalue weighted by molar-refractivity contribution is 7.99. The van der Waals surface area contributed by atoms with Gasteiger partial charge in [-0.2, -0.15) is 13.2 Å². The number of aryl methyl sites for hydroxylation is 1. The largest absolute Gasteiger partial charge is 0.433 e. The fourth-order valence-electron chi connectivity index (χ4n) is 4.45. The Kier molecular flexibility index (Phi) is 8.51. The summed E-state index contributed by atoms with van der Waals surface area (Å²) in [4.78, 5) is 35.2. The molecule has 0 saturated carbocycles. The number of rotatable bonds is 8. The molecule has 0 unspecified atom stereocenters. The molecule has 206 valence electrons. The zero-order valence-corrected chi connectivity index (χ0v) is 22.9. The molecule has 0 bridgehead atoms. The first-order chi connectivity index (χ1) is 19.3. The van der Waals surface area contributed by atoms with Crippen molar-refractivity contribution in [3.05, 3.63) is 94.0 Å². The zero-order chi connectivity index (χ0) is 28.1. The highest BCUT2D eigenvalue weighted by atomic mass is 32.2. The van der Waals surface area contributed by atoms with Crippen molar-refractivity contribution in [1.29, 1.82) is 0 Å². The molecule has 0 atom stereocenters. The van der Waals surface area contributed by atoms with Crippen molar-refractivity contribution < 1.29 is 22.8 Å². The van der Waals surface area contributed by atoms with E-state index in [0.29, 0.717) is 22.7 Å². The number of alkyl halides is 3. The summed E-state index contributed by atoms with van der Waals surface area (Å²) in [5.41, 5.74) is 1.94. The lowest BCUT2D eigenvalue weighted by Crippen LogP contribution is -2.25. The first kappa shape index (κ1) is 27.9. The Morgan fingerprint density at radius 1 is 0.950 bits per heavy atom. The topological polar surface area (TPSA) is 84.0 Å². The summed E-state index contributed by atoms with van der Waals surface area (Å²) in [5, 5.41) is 6.08. The smallest absolute Gasteiger partial charge is 0.348 e. The molecule has 0 saturated heterocycles. The lowest BCUT2D eigenvalue weighted by molar-refractivity contribution is -0.141. The fourth-order valence-corrected chi connectivity index (χ4v) is 6.41. The Bertz CT molecular complexity index is 1510. The molecule has 0 fully saturated rings. The van der Waals surface area contributed by atoms with Crippen LogP contribution in [0.3, 0.4) is 0 Å². The summed E-state index contributed by atoms with van der Waals surface area (Å²) < 4.78 is 40.6. The van der Waals surface area contributed by atoms with E-state index in [4.69, 9.17) is 0 Å². The van der Waals surface area contributed by atoms with Crippen LogP contribution in [0, 0.1) is 0 Å². The van der Waals surface area contributed by atoms with Crippen LogP contribution in [-0.2, 0) is 30.4 Å². The van der Waals surface area contributed by atoms with Crippen molar-refractivity contribution in [2.24, 2.45) is 0 Å². The average Bonchev–Trinajstić information content (AvgIpc) is 3.33. The van der Waals surface area contributed by atoms with Gasteiger partial charge in [-0.3, -0.25) is 9.59 Å². The molecule has 2 heterocycles. The molecule has 5 rings (SSSR count). The molecule has 11 heteroatoms. The number of carbonyl (C=O) groups excluding carboxylic acids is 2. The van der Waals surface area contributed by atoms with Gasteiger partial charge in [-0.05, 0) is 42.9 Å². The minimum atomic E-state index is -4.66. The van der Waals surface area contributed by atoms with Crippen LogP contribution in [-0.4, -0.2) is 27.5 Å². The van der Waals surface area contributed by atoms with E-state index in [-0.39, 0.29) is 22.5 Å². The van der Waals surface area contributed by atoms with Crippen LogP contribution in [0.2, 0.25) is 0 Å². The van der Waals surface area contributed by atoms with E-state index in [1.807, 2.05) is 30.3 Å². The van der Waals surface area contributed by atoms with Crippen molar-refractivity contribution >= 4 is 39.9 Å². The Morgan fingerprint density at radius 3 is 2.38 bits per heavy atom. The van der Waals surface area contributed by atoms with Gasteiger partial charge in [0.25, 0.3) is 5.91 Å². The van der Waals surface area contributed by atoms with Gasteiger partial charge in [-0.25, -0.2) is 9.97 Å². The molecule has 2 amide bonds. The monoisotopic (exact) mass is 582 g/mol. The summed E-state index contributed by atoms with van der Waals surface area (Å²) in [6.45, 7) is 0.351. The number of thiophene rings is 1. The van der Waals surface area contributed by atoms with Crippen LogP contribution in [0.15, 0.2) is 71.9 Å². The van der Waals surface area contributed by atoms with E-state index >= 15 is 0 Å². The minimum Gasteiger partial charge on any atom is -0.348 e. The SMILES string of the molecule is O=C(CSc1nc(-c2ccccc2)cc(C(F)(F)F)n1)Nc1sc2c(c1C(=O)NCc1ccccc1)CCCC2. The quantitative estimate of drug-likeness (QED) is 0.177. The second-order valence-electron chi connectivity index (χ2n) is 9.20. The number of hydrogen-bond acceptors (Lipinski definition) is 6. The number of aromatic nitrogens is 2. The summed E-state index contributed by atoms with van der Waals surface area (Å²) in [7, 11) is 0. The highest BCUT2D eigenvalue weighted by Crippen LogP contribution is 2.38. The third kappa shape index (κ3) is 6.71. The van der Waals surface area contributed by atoms with Crippen LogP contribution in [0.1, 0.15) is 44.9 Å². The van der Waals surface area contributed by atoms with Gasteiger partial charge in [-0.15, -0.1) is 11.3 Å². The Balaban J connectivity index is 1.32. The van der Waals surface area contributed by atoms with Crippen molar-refractivity contribution in [3.63, 3.8) is 0 Å². The van der Waals surface area contributed by atoms with E-state index in [2.05, 4.69) is 20.6 Å². The van der Waals surface area contributed by atoms with Gasteiger partial charge in [0.15, 0.2) is 5.16 Å². The number of carbonyl (C=O) groups is 2. The third-order valence-corrected chi connectivity index (χ3v) is 8.40. The molecule has 40 heavy (non-hydrogen) atoms. The lowest BCUT2D eigenvalue weighted by Gasteiger charge is -2.13. The van der Waals surface area contributed by atoms with E-state index in [1.165, 1.54) is 11.3 Å². The second-order valence-corrected chi connectivity index (χ2v) is 11.3. The number of fused-ring (bicyclic) bond motifs is 1. The number of hydrogen-bond donors (Lipinski definition) is 2. The molecule has 1 aliphatic rings. The minimum absolute atomic E-state index is 0.120. The molecule has 6 nitrogen and oxygen atoms in total. The van der Waals surface area contributed by atoms with E-state index in [1.54, 1.807) is 30.3 Å². The number of amides is 2. The predicted octanol–water partition coefficient (Wildman–Crippen LogP) is 6.76. The molecule has 2 aromatic carbocycles. The Labute approximate surface area is 237 Å². The average molecular weight is 583 g/mol. The van der Waals surface area contributed by atoms with Gasteiger partial charge < -0.3 is 10.6 Å². The van der Waals surface area contributed by atoms with Gasteiger partial charge >= 0.3 is 6.18 Å². The molecule has 1 aliphatic carbocycles. The van der Waals surface area contributed by atoms with Gasteiger partial charge in [0, 0.05) is 17.0 Å². The van der Waals surface area contributed by atoms with Crippen LogP contribution >= 0.6 is 23.1 Å². The van der Waals surface area contributed by atoms with Crippen molar-refractivity contribution in [2.75, 3.05) is 11.1 Å². The Hall–Kier alpha value is -3.70. The van der Waals surface area contributed by atoms with E-state index in [0.717, 1.165) is 59.5 Å². The van der Waals surface area contributed by atoms with Crippen molar-refractivity contribution in [3.8, 4) is 11.3 Å². The molecular weight excluding hydrogens is 557 g/mol. The molecule has 0 radical (unpaired) electrons. The Morgan fingerprint density at radius 2 is 1.65 bits per heavy atom. The summed E-state index contributed by atoms with van der Waals surface area (Å²) >= 11 is 2.20. The number of halogens is 3. The molecule has 4 aromatic rings. The maximum Gasteiger partial charge on any atom is 0.433 e. The van der Waals surface area contributed by atoms with Gasteiger partial charge in [0.1, 0.15) is 10.7 Å². The maximum absolute atomic E-state index is 13.5. The summed E-state index contributed by atoms with van der Waals surface area (Å²) in [5.74, 6) is -0.939. The lowest BCUT2D eigenvalue weighted by atomic mass is 9.95. The fraction of sp³-hybridized carbons (Fsp3) is 0.241. The van der Waals surface area contributed by atoms with Gasteiger partial charge in [0.2, 0.25) is 5.91 Å². The van der Waals surface area contributed by atoms with E-state index in [9.17, 15) is 22.8 Å². The maximum atomic E-state index is 13.5. The first-order valence-corrected chi connectivity index (χ1v) is 14.5. The predicted molar refractivity (Wildman–Crippen MR) is 150 cm³/mol.